The maximum atomic E-state index is 12.3. The van der Waals surface area contributed by atoms with E-state index in [9.17, 15) is 58.7 Å². The fourth-order valence-electron chi connectivity index (χ4n) is 2.99. The lowest BCUT2D eigenvalue weighted by Gasteiger charge is -2.26. The summed E-state index contributed by atoms with van der Waals surface area (Å²) in [6.07, 6.45) is -16.8. The molecule has 9 atom stereocenters. The number of aliphatic hydroxyl groups excluding tert-OH is 5. The van der Waals surface area contributed by atoms with Gasteiger partial charge in [-0.05, 0) is 0 Å². The van der Waals surface area contributed by atoms with E-state index in [-0.39, 0.29) is 6.29 Å². The molecule has 1 fully saturated rings. The van der Waals surface area contributed by atoms with Crippen LogP contribution in [0.15, 0.2) is 21.9 Å². The van der Waals surface area contributed by atoms with Crippen molar-refractivity contribution in [3.8, 4) is 0 Å². The molecule has 0 aliphatic carbocycles. The minimum absolute atomic E-state index is 0.215. The highest BCUT2D eigenvalue weighted by Gasteiger charge is 2.50. The van der Waals surface area contributed by atoms with Crippen molar-refractivity contribution in [2.24, 2.45) is 0 Å². The van der Waals surface area contributed by atoms with E-state index in [1.165, 1.54) is 0 Å². The number of rotatable bonds is 12. The molecular weight excluding hydrogens is 558 g/mol. The van der Waals surface area contributed by atoms with Crippen molar-refractivity contribution in [3.05, 3.63) is 33.1 Å². The van der Waals surface area contributed by atoms with E-state index in [1.807, 2.05) is 4.98 Å². The zero-order valence-corrected chi connectivity index (χ0v) is 19.8. The van der Waals surface area contributed by atoms with Crippen molar-refractivity contribution in [2.75, 3.05) is 6.61 Å². The number of esters is 1. The molecule has 1 aliphatic heterocycles. The summed E-state index contributed by atoms with van der Waals surface area (Å²) in [7, 11) is -11.0. The molecule has 37 heavy (non-hydrogen) atoms. The Labute approximate surface area is 204 Å². The van der Waals surface area contributed by atoms with E-state index in [0.717, 1.165) is 12.3 Å². The van der Waals surface area contributed by atoms with Crippen molar-refractivity contribution >= 4 is 27.9 Å². The van der Waals surface area contributed by atoms with Gasteiger partial charge in [0.2, 0.25) is 0 Å². The van der Waals surface area contributed by atoms with Crippen LogP contribution in [0, 0.1) is 0 Å². The molecule has 1 unspecified atom stereocenters. The fourth-order valence-corrected chi connectivity index (χ4v) is 4.59. The van der Waals surface area contributed by atoms with Crippen LogP contribution in [0.2, 0.25) is 0 Å². The van der Waals surface area contributed by atoms with Crippen molar-refractivity contribution in [1.82, 2.24) is 9.55 Å². The summed E-state index contributed by atoms with van der Waals surface area (Å²) in [5.74, 6) is -1.80. The molecule has 20 nitrogen and oxygen atoms in total. The maximum Gasteiger partial charge on any atom is 0.481 e. The second kappa shape index (κ2) is 12.1. The predicted octanol–water partition coefficient (Wildman–Crippen LogP) is -5.42. The van der Waals surface area contributed by atoms with Gasteiger partial charge in [-0.15, -0.1) is 0 Å². The molecular formula is C15H22N2O18P2. The largest absolute Gasteiger partial charge is 0.481 e. The van der Waals surface area contributed by atoms with Gasteiger partial charge in [0.05, 0.1) is 6.61 Å². The third kappa shape index (κ3) is 8.16. The number of ether oxygens (including phenoxy) is 2. The predicted molar refractivity (Wildman–Crippen MR) is 110 cm³/mol. The van der Waals surface area contributed by atoms with Gasteiger partial charge in [-0.1, -0.05) is 0 Å². The number of nitrogens with one attached hydrogen (secondary N) is 1. The number of phosphoric acid groups is 2. The van der Waals surface area contributed by atoms with Crippen LogP contribution in [0.5, 0.6) is 0 Å². The highest BCUT2D eigenvalue weighted by molar-refractivity contribution is 7.60. The molecule has 2 rings (SSSR count). The second-order valence-corrected chi connectivity index (χ2v) is 10.2. The molecule has 210 valence electrons. The fraction of sp³-hybridized carbons (Fsp3) is 0.600. The Morgan fingerprint density at radius 2 is 1.78 bits per heavy atom. The highest BCUT2D eigenvalue weighted by Crippen LogP contribution is 2.57. The van der Waals surface area contributed by atoms with E-state index < -0.39 is 88.4 Å². The van der Waals surface area contributed by atoms with Crippen LogP contribution in [-0.4, -0.2) is 111 Å². The Bertz CT molecular complexity index is 1180. The van der Waals surface area contributed by atoms with Crippen LogP contribution < -0.4 is 11.2 Å². The van der Waals surface area contributed by atoms with E-state index in [1.54, 1.807) is 0 Å². The van der Waals surface area contributed by atoms with Crippen LogP contribution in [-0.2, 0) is 37.0 Å². The number of carbonyl (C=O) groups excluding carboxylic acids is 2. The average molecular weight is 580 g/mol. The first kappa shape index (κ1) is 31.1. The lowest BCUT2D eigenvalue weighted by atomic mass is 10.0. The van der Waals surface area contributed by atoms with Gasteiger partial charge in [0.25, 0.3) is 5.56 Å². The zero-order chi connectivity index (χ0) is 28.3. The number of hydrogen-bond acceptors (Lipinski definition) is 15. The van der Waals surface area contributed by atoms with Gasteiger partial charge in [0.15, 0.2) is 24.7 Å². The molecule has 0 saturated carbocycles. The molecule has 0 amide bonds. The molecule has 2 heterocycles. The van der Waals surface area contributed by atoms with Gasteiger partial charge < -0.3 is 54.5 Å². The summed E-state index contributed by atoms with van der Waals surface area (Å²) in [5.41, 5.74) is -1.98. The first-order valence-electron chi connectivity index (χ1n) is 9.74. The Morgan fingerprint density at radius 1 is 1.16 bits per heavy atom. The third-order valence-corrected chi connectivity index (χ3v) is 6.85. The van der Waals surface area contributed by atoms with Gasteiger partial charge in [-0.3, -0.25) is 18.9 Å². The molecule has 0 spiro atoms. The molecule has 0 bridgehead atoms. The zero-order valence-electron chi connectivity index (χ0n) is 18.1. The number of aldehydes is 1. The average Bonchev–Trinajstić information content (AvgIpc) is 3.09. The summed E-state index contributed by atoms with van der Waals surface area (Å²) in [6, 6.07) is 0.831. The summed E-state index contributed by atoms with van der Waals surface area (Å²) >= 11 is 0. The summed E-state index contributed by atoms with van der Waals surface area (Å²) < 4.78 is 41.2. The monoisotopic (exact) mass is 580 g/mol. The van der Waals surface area contributed by atoms with Gasteiger partial charge >= 0.3 is 27.3 Å². The third-order valence-electron chi connectivity index (χ3n) is 4.70. The number of aromatic nitrogens is 2. The number of H-pyrrole nitrogens is 1. The van der Waals surface area contributed by atoms with Crippen LogP contribution in [0.1, 0.15) is 6.23 Å². The van der Waals surface area contributed by atoms with Gasteiger partial charge in [0.1, 0.15) is 30.5 Å². The first-order valence-corrected chi connectivity index (χ1v) is 12.8. The topological polar surface area (TPSA) is 322 Å². The molecule has 9 N–H and O–H groups in total. The van der Waals surface area contributed by atoms with E-state index in [2.05, 4.69) is 8.83 Å². The number of aliphatic hydroxyl groups is 5. The molecule has 1 aromatic rings. The molecule has 0 aromatic carbocycles. The van der Waals surface area contributed by atoms with Crippen LogP contribution in [0.25, 0.3) is 0 Å². The van der Waals surface area contributed by atoms with Crippen molar-refractivity contribution in [1.29, 1.82) is 0 Å². The molecule has 1 aromatic heterocycles. The standard InChI is InChI=1S/C15H22N2O18P2/c18-3-5(19)8(21)9(22)10(23)14(25)34-12-6(4-32-37(30,31)35-36(27,28)29)33-13(11(12)24)17-2-1-7(20)16-15(17)26/h1-3,5-6,8-13,19,21-24H,4H2,(H,30,31)(H,16,20,26)(H2,27,28,29)/t5-,6+,8+,9+,10-,11+,12+,13+/m0/s1. The Morgan fingerprint density at radius 3 is 2.32 bits per heavy atom. The highest BCUT2D eigenvalue weighted by atomic mass is 31.3. The van der Waals surface area contributed by atoms with Crippen molar-refractivity contribution < 1.29 is 77.2 Å². The Kier molecular flexibility index (Phi) is 10.2. The summed E-state index contributed by atoms with van der Waals surface area (Å²) in [5, 5.41) is 49.2. The number of nitrogens with zero attached hydrogens (tertiary/aromatic N) is 1. The van der Waals surface area contributed by atoms with Crippen molar-refractivity contribution in [2.45, 2.75) is 49.0 Å². The minimum atomic E-state index is -5.54. The number of hydrogen-bond donors (Lipinski definition) is 9. The van der Waals surface area contributed by atoms with E-state index >= 15 is 0 Å². The summed E-state index contributed by atoms with van der Waals surface area (Å²) in [6.45, 7) is -1.21. The Balaban J connectivity index is 2.30. The lowest BCUT2D eigenvalue weighted by molar-refractivity contribution is -0.180. The maximum absolute atomic E-state index is 12.3. The first-order chi connectivity index (χ1) is 17.0. The van der Waals surface area contributed by atoms with Crippen molar-refractivity contribution in [3.63, 3.8) is 0 Å². The SMILES string of the molecule is O=C[C@H](O)[C@@H](O)[C@@H](O)[C@H](O)C(=O)O[C@H]1[C@@H](O)[C@H](n2ccc(=O)[nH]c2=O)O[C@@H]1COP(=O)(O)OP(=O)(O)O. The number of carbonyl (C=O) groups is 2. The molecule has 1 aliphatic rings. The normalized spacial score (nSPS) is 27.0. The van der Waals surface area contributed by atoms with Crippen LogP contribution >= 0.6 is 15.6 Å². The van der Waals surface area contributed by atoms with E-state index in [0.29, 0.717) is 4.57 Å². The quantitative estimate of drug-likeness (QED) is 0.0632. The second-order valence-electron chi connectivity index (χ2n) is 7.36. The number of phosphoric ester groups is 1. The van der Waals surface area contributed by atoms with Gasteiger partial charge in [-0.2, -0.15) is 4.31 Å². The van der Waals surface area contributed by atoms with Gasteiger partial charge in [-0.25, -0.2) is 18.7 Å². The van der Waals surface area contributed by atoms with Crippen LogP contribution in [0.3, 0.4) is 0 Å². The number of aromatic amines is 1. The minimum Gasteiger partial charge on any atom is -0.455 e. The van der Waals surface area contributed by atoms with Crippen LogP contribution in [0.4, 0.5) is 0 Å². The van der Waals surface area contributed by atoms with Gasteiger partial charge in [0, 0.05) is 12.3 Å². The van der Waals surface area contributed by atoms with E-state index in [4.69, 9.17) is 19.3 Å². The Hall–Kier alpha value is -2.16. The molecule has 1 saturated heterocycles. The molecule has 0 radical (unpaired) electrons. The molecule has 22 heteroatoms. The summed E-state index contributed by atoms with van der Waals surface area (Å²) in [4.78, 5) is 74.8. The smallest absolute Gasteiger partial charge is 0.455 e. The lowest BCUT2D eigenvalue weighted by Crippen LogP contribution is -2.50.